The lowest BCUT2D eigenvalue weighted by Crippen LogP contribution is -2.42. The zero-order valence-electron chi connectivity index (χ0n) is 10.0. The van der Waals surface area contributed by atoms with Crippen LogP contribution in [-0.2, 0) is 9.47 Å². The highest BCUT2D eigenvalue weighted by Gasteiger charge is 2.32. The van der Waals surface area contributed by atoms with Gasteiger partial charge in [0.1, 0.15) is 0 Å². The van der Waals surface area contributed by atoms with Gasteiger partial charge in [0.15, 0.2) is 6.29 Å². The van der Waals surface area contributed by atoms with Gasteiger partial charge in [0.2, 0.25) is 0 Å². The van der Waals surface area contributed by atoms with Crippen molar-refractivity contribution in [3.63, 3.8) is 0 Å². The molecular weight excluding hydrogens is 194 g/mol. The summed E-state index contributed by atoms with van der Waals surface area (Å²) in [7, 11) is 5.25. The summed E-state index contributed by atoms with van der Waals surface area (Å²) in [6.07, 6.45) is 3.91. The number of aliphatic hydroxyl groups is 1. The van der Waals surface area contributed by atoms with Gasteiger partial charge in [-0.05, 0) is 19.9 Å². The van der Waals surface area contributed by atoms with Crippen molar-refractivity contribution in [3.05, 3.63) is 0 Å². The molecule has 1 aliphatic rings. The highest BCUT2D eigenvalue weighted by atomic mass is 16.7. The lowest BCUT2D eigenvalue weighted by atomic mass is 10.0. The van der Waals surface area contributed by atoms with Gasteiger partial charge in [-0.3, -0.25) is 4.90 Å². The first-order chi connectivity index (χ1) is 7.09. The third kappa shape index (κ3) is 4.07. The molecule has 0 atom stereocenters. The second-order valence-corrected chi connectivity index (χ2v) is 4.53. The first kappa shape index (κ1) is 12.9. The van der Waals surface area contributed by atoms with Gasteiger partial charge in [-0.15, -0.1) is 0 Å². The van der Waals surface area contributed by atoms with Crippen LogP contribution in [0.4, 0.5) is 0 Å². The number of hydrogen-bond donors (Lipinski definition) is 1. The fourth-order valence-electron chi connectivity index (χ4n) is 2.26. The molecule has 0 amide bonds. The largest absolute Gasteiger partial charge is 0.389 e. The smallest absolute Gasteiger partial charge is 0.169 e. The predicted octanol–water partition coefficient (Wildman–Crippen LogP) is 0.842. The van der Waals surface area contributed by atoms with E-state index in [1.807, 2.05) is 7.05 Å². The Kier molecular flexibility index (Phi) is 4.99. The average molecular weight is 217 g/mol. The molecular formula is C11H23NO3. The van der Waals surface area contributed by atoms with E-state index in [1.165, 1.54) is 0 Å². The highest BCUT2D eigenvalue weighted by molar-refractivity contribution is 4.86. The van der Waals surface area contributed by atoms with Gasteiger partial charge in [-0.2, -0.15) is 0 Å². The quantitative estimate of drug-likeness (QED) is 0.670. The van der Waals surface area contributed by atoms with E-state index in [0.29, 0.717) is 13.1 Å². The van der Waals surface area contributed by atoms with Crippen LogP contribution in [0.1, 0.15) is 25.7 Å². The van der Waals surface area contributed by atoms with E-state index in [1.54, 1.807) is 14.2 Å². The zero-order valence-corrected chi connectivity index (χ0v) is 10.0. The monoisotopic (exact) mass is 217 g/mol. The maximum atomic E-state index is 10.2. The van der Waals surface area contributed by atoms with Gasteiger partial charge in [0.25, 0.3) is 0 Å². The lowest BCUT2D eigenvalue weighted by Gasteiger charge is -2.30. The number of ether oxygens (including phenoxy) is 2. The summed E-state index contributed by atoms with van der Waals surface area (Å²) in [6, 6.07) is 0. The third-order valence-electron chi connectivity index (χ3n) is 3.09. The van der Waals surface area contributed by atoms with Crippen LogP contribution in [0.25, 0.3) is 0 Å². The Morgan fingerprint density at radius 1 is 1.27 bits per heavy atom. The van der Waals surface area contributed by atoms with Crippen molar-refractivity contribution in [2.45, 2.75) is 37.6 Å². The Hall–Kier alpha value is -0.160. The number of methoxy groups -OCH3 is 2. The van der Waals surface area contributed by atoms with Gasteiger partial charge < -0.3 is 14.6 Å². The van der Waals surface area contributed by atoms with Crippen LogP contribution in [0.5, 0.6) is 0 Å². The molecule has 90 valence electrons. The molecule has 0 radical (unpaired) electrons. The van der Waals surface area contributed by atoms with E-state index in [9.17, 15) is 5.11 Å². The zero-order chi connectivity index (χ0) is 11.3. The van der Waals surface area contributed by atoms with Gasteiger partial charge >= 0.3 is 0 Å². The number of likely N-dealkylation sites (N-methyl/N-ethyl adjacent to an activating group) is 1. The van der Waals surface area contributed by atoms with Crippen molar-refractivity contribution in [1.29, 1.82) is 0 Å². The van der Waals surface area contributed by atoms with Crippen LogP contribution in [0, 0.1) is 0 Å². The minimum Gasteiger partial charge on any atom is -0.389 e. The molecule has 4 nitrogen and oxygen atoms in total. The van der Waals surface area contributed by atoms with Gasteiger partial charge in [0.05, 0.1) is 5.60 Å². The van der Waals surface area contributed by atoms with Crippen molar-refractivity contribution < 1.29 is 14.6 Å². The van der Waals surface area contributed by atoms with E-state index in [0.717, 1.165) is 25.7 Å². The van der Waals surface area contributed by atoms with Crippen LogP contribution in [0.15, 0.2) is 0 Å². The normalized spacial score (nSPS) is 20.4. The fourth-order valence-corrected chi connectivity index (χ4v) is 2.26. The average Bonchev–Trinajstić information content (AvgIpc) is 2.61. The molecule has 0 heterocycles. The summed E-state index contributed by atoms with van der Waals surface area (Å²) in [6.45, 7) is 1.39. The van der Waals surface area contributed by atoms with E-state index < -0.39 is 5.60 Å². The first-order valence-corrected chi connectivity index (χ1v) is 5.56. The summed E-state index contributed by atoms with van der Waals surface area (Å²) in [5.74, 6) is 0. The van der Waals surface area contributed by atoms with Crippen molar-refractivity contribution in [3.8, 4) is 0 Å². The maximum Gasteiger partial charge on any atom is 0.169 e. The number of hydrogen-bond acceptors (Lipinski definition) is 4. The van der Waals surface area contributed by atoms with Gasteiger partial charge in [-0.1, -0.05) is 12.8 Å². The van der Waals surface area contributed by atoms with E-state index >= 15 is 0 Å². The molecule has 0 bridgehead atoms. The Labute approximate surface area is 92.2 Å². The molecule has 0 spiro atoms. The molecule has 1 rings (SSSR count). The minimum absolute atomic E-state index is 0.208. The maximum absolute atomic E-state index is 10.2. The first-order valence-electron chi connectivity index (χ1n) is 5.56. The molecule has 15 heavy (non-hydrogen) atoms. The molecule has 1 N–H and O–H groups in total. The lowest BCUT2D eigenvalue weighted by molar-refractivity contribution is -0.119. The Bertz CT molecular complexity index is 177. The molecule has 1 aliphatic carbocycles. The standard InChI is InChI=1S/C11H23NO3/c1-12(8-10(14-2)15-3)9-11(13)6-4-5-7-11/h10,13H,4-9H2,1-3H3. The molecule has 0 unspecified atom stereocenters. The van der Waals surface area contributed by atoms with Crippen molar-refractivity contribution in [2.24, 2.45) is 0 Å². The Balaban J connectivity index is 2.31. The van der Waals surface area contributed by atoms with Crippen molar-refractivity contribution >= 4 is 0 Å². The summed E-state index contributed by atoms with van der Waals surface area (Å²) in [5, 5.41) is 10.2. The summed E-state index contributed by atoms with van der Waals surface area (Å²) in [5.41, 5.74) is -0.485. The molecule has 0 aromatic heterocycles. The van der Waals surface area contributed by atoms with Crippen LogP contribution in [0.3, 0.4) is 0 Å². The fraction of sp³-hybridized carbons (Fsp3) is 1.00. The molecule has 0 saturated heterocycles. The summed E-state index contributed by atoms with van der Waals surface area (Å²) in [4.78, 5) is 2.07. The minimum atomic E-state index is -0.485. The second kappa shape index (κ2) is 5.80. The van der Waals surface area contributed by atoms with E-state index in [4.69, 9.17) is 9.47 Å². The van der Waals surface area contributed by atoms with Crippen molar-refractivity contribution in [1.82, 2.24) is 4.90 Å². The van der Waals surface area contributed by atoms with Gasteiger partial charge in [-0.25, -0.2) is 0 Å². The Morgan fingerprint density at radius 3 is 2.27 bits per heavy atom. The van der Waals surface area contributed by atoms with Crippen LogP contribution >= 0.6 is 0 Å². The van der Waals surface area contributed by atoms with Crippen LogP contribution in [0.2, 0.25) is 0 Å². The number of rotatable bonds is 6. The molecule has 0 aromatic carbocycles. The third-order valence-corrected chi connectivity index (χ3v) is 3.09. The van der Waals surface area contributed by atoms with Crippen LogP contribution in [-0.4, -0.2) is 56.3 Å². The summed E-state index contributed by atoms with van der Waals surface area (Å²) >= 11 is 0. The SMILES string of the molecule is COC(CN(C)CC1(O)CCCC1)OC. The number of nitrogens with zero attached hydrogens (tertiary/aromatic N) is 1. The molecule has 4 heteroatoms. The molecule has 0 aromatic rings. The van der Waals surface area contributed by atoms with Crippen molar-refractivity contribution in [2.75, 3.05) is 34.4 Å². The molecule has 1 fully saturated rings. The topological polar surface area (TPSA) is 41.9 Å². The van der Waals surface area contributed by atoms with E-state index in [-0.39, 0.29) is 6.29 Å². The molecule has 0 aliphatic heterocycles. The summed E-state index contributed by atoms with van der Waals surface area (Å²) < 4.78 is 10.2. The predicted molar refractivity (Wildman–Crippen MR) is 58.7 cm³/mol. The second-order valence-electron chi connectivity index (χ2n) is 4.53. The Morgan fingerprint density at radius 2 is 1.80 bits per heavy atom. The molecule has 1 saturated carbocycles. The highest BCUT2D eigenvalue weighted by Crippen LogP contribution is 2.29. The van der Waals surface area contributed by atoms with Crippen LogP contribution < -0.4 is 0 Å². The van der Waals surface area contributed by atoms with E-state index in [2.05, 4.69) is 4.90 Å². The van der Waals surface area contributed by atoms with Gasteiger partial charge in [0, 0.05) is 27.3 Å².